The highest BCUT2D eigenvalue weighted by Crippen LogP contribution is 2.31. The molecule has 0 radical (unpaired) electrons. The number of phenolic OH excluding ortho intramolecular Hbond substituents is 1. The van der Waals surface area contributed by atoms with E-state index in [0.717, 1.165) is 10.5 Å². The molecule has 5 N–H and O–H groups in total. The Morgan fingerprint density at radius 2 is 1.72 bits per heavy atom. The zero-order valence-corrected chi connectivity index (χ0v) is 21.1. The Morgan fingerprint density at radius 1 is 1.03 bits per heavy atom. The summed E-state index contributed by atoms with van der Waals surface area (Å²) in [5.41, 5.74) is 8.34. The summed E-state index contributed by atoms with van der Waals surface area (Å²) in [6.45, 7) is 1.98. The van der Waals surface area contributed by atoms with Crippen molar-refractivity contribution in [2.24, 2.45) is 5.92 Å². The molecule has 3 aromatic carbocycles. The number of rotatable bonds is 10. The summed E-state index contributed by atoms with van der Waals surface area (Å²) in [4.78, 5) is 26.0. The Morgan fingerprint density at radius 3 is 2.39 bits per heavy atom. The molecule has 0 aliphatic heterocycles. The van der Waals surface area contributed by atoms with Crippen molar-refractivity contribution < 1.29 is 19.4 Å². The van der Waals surface area contributed by atoms with Crippen LogP contribution in [-0.4, -0.2) is 23.4 Å². The summed E-state index contributed by atoms with van der Waals surface area (Å²) in [6.07, 6.45) is 5.41. The highest BCUT2D eigenvalue weighted by Gasteiger charge is 2.23. The number of ether oxygens (including phenoxy) is 1. The molecule has 0 spiro atoms. The lowest BCUT2D eigenvalue weighted by Crippen LogP contribution is -2.22. The number of allylic oxidation sites excluding steroid dienone is 1. The number of thioether (sulfide) groups is 1. The van der Waals surface area contributed by atoms with Crippen LogP contribution >= 0.6 is 11.8 Å². The number of aromatic hydroxyl groups is 1. The number of nitrogens with two attached hydrogens (primary N) is 1. The summed E-state index contributed by atoms with van der Waals surface area (Å²) in [5.74, 6) is -0.188. The van der Waals surface area contributed by atoms with E-state index in [1.807, 2.05) is 37.4 Å². The fraction of sp³-hybridized carbons (Fsp3) is 0.214. The minimum Gasteiger partial charge on any atom is -0.508 e. The molecule has 0 aliphatic carbocycles. The maximum Gasteiger partial charge on any atom is 0.412 e. The molecule has 36 heavy (non-hydrogen) atoms. The first-order valence-electron chi connectivity index (χ1n) is 11.6. The number of nitrogen functional groups attached to an aromatic ring is 1. The van der Waals surface area contributed by atoms with Crippen LogP contribution in [0.3, 0.4) is 0 Å². The molecule has 2 atom stereocenters. The van der Waals surface area contributed by atoms with Crippen molar-refractivity contribution in [3.8, 4) is 5.75 Å². The van der Waals surface area contributed by atoms with Gasteiger partial charge in [-0.3, -0.25) is 10.1 Å². The van der Waals surface area contributed by atoms with Gasteiger partial charge in [0.2, 0.25) is 5.91 Å². The summed E-state index contributed by atoms with van der Waals surface area (Å²) in [6, 6.07) is 21.2. The number of hydrogen-bond donors (Lipinski definition) is 4. The Balaban J connectivity index is 1.60. The minimum absolute atomic E-state index is 0.0587. The molecule has 0 unspecified atom stereocenters. The molecular formula is C28H31N3O4S. The van der Waals surface area contributed by atoms with Crippen molar-refractivity contribution in [3.05, 3.63) is 90.5 Å². The van der Waals surface area contributed by atoms with Gasteiger partial charge in [0.15, 0.2) is 0 Å². The number of hydrogen-bond acceptors (Lipinski definition) is 6. The molecule has 0 saturated heterocycles. The lowest BCUT2D eigenvalue weighted by atomic mass is 9.93. The van der Waals surface area contributed by atoms with Crippen LogP contribution in [0.2, 0.25) is 0 Å². The van der Waals surface area contributed by atoms with Crippen molar-refractivity contribution in [2.75, 3.05) is 22.6 Å². The zero-order valence-electron chi connectivity index (χ0n) is 20.3. The Kier molecular flexibility index (Phi) is 9.82. The van der Waals surface area contributed by atoms with E-state index >= 15 is 0 Å². The van der Waals surface area contributed by atoms with E-state index in [0.29, 0.717) is 29.9 Å². The van der Waals surface area contributed by atoms with Crippen LogP contribution < -0.4 is 16.4 Å². The Hall–Kier alpha value is -3.91. The number of carbonyl (C=O) groups excluding carboxylic acids is 2. The fourth-order valence-electron chi connectivity index (χ4n) is 3.60. The van der Waals surface area contributed by atoms with E-state index in [9.17, 15) is 14.7 Å². The molecule has 2 amide bonds. The molecule has 0 aromatic heterocycles. The highest BCUT2D eigenvalue weighted by molar-refractivity contribution is 7.98. The molecule has 0 heterocycles. The van der Waals surface area contributed by atoms with Gasteiger partial charge in [-0.05, 0) is 85.2 Å². The Bertz CT molecular complexity index is 1180. The first-order chi connectivity index (χ1) is 17.4. The molecular weight excluding hydrogens is 474 g/mol. The van der Waals surface area contributed by atoms with Gasteiger partial charge in [0.05, 0.1) is 11.4 Å². The van der Waals surface area contributed by atoms with E-state index in [1.54, 1.807) is 66.4 Å². The molecule has 0 fully saturated rings. The normalized spacial score (nSPS) is 12.6. The maximum atomic E-state index is 12.7. The lowest BCUT2D eigenvalue weighted by molar-refractivity contribution is -0.111. The molecule has 0 saturated carbocycles. The van der Waals surface area contributed by atoms with Crippen molar-refractivity contribution in [1.29, 1.82) is 0 Å². The minimum atomic E-state index is -0.563. The number of anilines is 3. The molecule has 3 aromatic rings. The fourth-order valence-corrected chi connectivity index (χ4v) is 4.01. The predicted octanol–water partition coefficient (Wildman–Crippen LogP) is 6.60. The lowest BCUT2D eigenvalue weighted by Gasteiger charge is -2.24. The quantitative estimate of drug-likeness (QED) is 0.140. The standard InChI is InChI=1S/C28H31N3O4S/c1-19(7-3-6-10-26(33)31-25-9-5-4-8-24(25)29)27(20-11-15-22(32)16-12-20)35-28(34)30-21-13-17-23(36-2)18-14-21/h4-6,8-19,27,32H,3,7,29H2,1-2H3,(H,30,34)(H,31,33)/b10-6+/t19-,27-/m0/s1. The maximum absolute atomic E-state index is 12.7. The number of phenols is 1. The van der Waals surface area contributed by atoms with Crippen LogP contribution in [0.1, 0.15) is 31.4 Å². The van der Waals surface area contributed by atoms with Crippen LogP contribution in [0.25, 0.3) is 0 Å². The highest BCUT2D eigenvalue weighted by atomic mass is 32.2. The second kappa shape index (κ2) is 13.3. The SMILES string of the molecule is CSc1ccc(NC(=O)O[C@H](c2ccc(O)cc2)[C@@H](C)CC/C=C/C(=O)Nc2ccccc2N)cc1. The van der Waals surface area contributed by atoms with E-state index in [4.69, 9.17) is 10.5 Å². The second-order valence-electron chi connectivity index (χ2n) is 8.30. The molecule has 188 valence electrons. The van der Waals surface area contributed by atoms with E-state index < -0.39 is 12.2 Å². The van der Waals surface area contributed by atoms with Crippen molar-refractivity contribution in [2.45, 2.75) is 30.8 Å². The van der Waals surface area contributed by atoms with Gasteiger partial charge in [0.25, 0.3) is 0 Å². The number of benzene rings is 3. The van der Waals surface area contributed by atoms with Gasteiger partial charge in [-0.2, -0.15) is 0 Å². The van der Waals surface area contributed by atoms with Crippen molar-refractivity contribution in [1.82, 2.24) is 0 Å². The van der Waals surface area contributed by atoms with E-state index in [2.05, 4.69) is 10.6 Å². The topological polar surface area (TPSA) is 114 Å². The van der Waals surface area contributed by atoms with E-state index in [-0.39, 0.29) is 17.6 Å². The number of para-hydroxylation sites is 2. The number of amides is 2. The first kappa shape index (κ1) is 26.7. The van der Waals surface area contributed by atoms with Crippen LogP contribution in [0, 0.1) is 5.92 Å². The zero-order chi connectivity index (χ0) is 25.9. The molecule has 8 heteroatoms. The molecule has 0 aliphatic rings. The van der Waals surface area contributed by atoms with Crippen LogP contribution in [0.15, 0.2) is 89.8 Å². The first-order valence-corrected chi connectivity index (χ1v) is 12.8. The molecule has 3 rings (SSSR count). The summed E-state index contributed by atoms with van der Waals surface area (Å²) in [7, 11) is 0. The van der Waals surface area contributed by atoms with Gasteiger partial charge in [-0.15, -0.1) is 11.8 Å². The Labute approximate surface area is 215 Å². The van der Waals surface area contributed by atoms with E-state index in [1.165, 1.54) is 6.08 Å². The third kappa shape index (κ3) is 8.09. The van der Waals surface area contributed by atoms with Crippen molar-refractivity contribution >= 4 is 40.8 Å². The molecule has 0 bridgehead atoms. The van der Waals surface area contributed by atoms with Crippen molar-refractivity contribution in [3.63, 3.8) is 0 Å². The van der Waals surface area contributed by atoms with Gasteiger partial charge in [0, 0.05) is 10.6 Å². The molecule has 7 nitrogen and oxygen atoms in total. The van der Waals surface area contributed by atoms with Gasteiger partial charge in [-0.25, -0.2) is 4.79 Å². The second-order valence-corrected chi connectivity index (χ2v) is 9.18. The number of nitrogens with one attached hydrogen (secondary N) is 2. The predicted molar refractivity (Wildman–Crippen MR) is 146 cm³/mol. The van der Waals surface area contributed by atoms with Gasteiger partial charge >= 0.3 is 6.09 Å². The summed E-state index contributed by atoms with van der Waals surface area (Å²) < 4.78 is 5.81. The van der Waals surface area contributed by atoms with Gasteiger partial charge in [-0.1, -0.05) is 37.3 Å². The average molecular weight is 506 g/mol. The van der Waals surface area contributed by atoms with Gasteiger partial charge in [0.1, 0.15) is 11.9 Å². The largest absolute Gasteiger partial charge is 0.508 e. The summed E-state index contributed by atoms with van der Waals surface area (Å²) in [5, 5.41) is 15.2. The third-order valence-electron chi connectivity index (χ3n) is 5.59. The van der Waals surface area contributed by atoms with Crippen LogP contribution in [0.4, 0.5) is 21.9 Å². The summed E-state index contributed by atoms with van der Waals surface area (Å²) >= 11 is 1.62. The van der Waals surface area contributed by atoms with Crippen LogP contribution in [0.5, 0.6) is 5.75 Å². The van der Waals surface area contributed by atoms with Crippen LogP contribution in [-0.2, 0) is 9.53 Å². The monoisotopic (exact) mass is 505 g/mol. The number of carbonyl (C=O) groups is 2. The third-order valence-corrected chi connectivity index (χ3v) is 6.33. The van der Waals surface area contributed by atoms with Gasteiger partial charge < -0.3 is 20.9 Å². The average Bonchev–Trinajstić information content (AvgIpc) is 2.87. The smallest absolute Gasteiger partial charge is 0.412 e.